The summed E-state index contributed by atoms with van der Waals surface area (Å²) < 4.78 is 6.10. The van der Waals surface area contributed by atoms with E-state index in [0.29, 0.717) is 6.10 Å². The highest BCUT2D eigenvalue weighted by molar-refractivity contribution is 6.30. The van der Waals surface area contributed by atoms with Crippen molar-refractivity contribution in [3.8, 4) is 5.75 Å². The van der Waals surface area contributed by atoms with Crippen molar-refractivity contribution < 1.29 is 4.74 Å². The molecule has 0 bridgehead atoms. The van der Waals surface area contributed by atoms with Crippen molar-refractivity contribution in [3.05, 3.63) is 28.8 Å². The lowest BCUT2D eigenvalue weighted by Crippen LogP contribution is -2.31. The average Bonchev–Trinajstić information content (AvgIpc) is 2.37. The predicted octanol–water partition coefficient (Wildman–Crippen LogP) is 3.81. The third-order valence-electron chi connectivity index (χ3n) is 4.28. The first-order valence-corrected chi connectivity index (χ1v) is 7.85. The van der Waals surface area contributed by atoms with Crippen LogP contribution in [0, 0.1) is 5.92 Å². The summed E-state index contributed by atoms with van der Waals surface area (Å²) in [5.74, 6) is 1.77. The van der Waals surface area contributed by atoms with Crippen LogP contribution in [0.3, 0.4) is 0 Å². The largest absolute Gasteiger partial charge is 0.490 e. The molecule has 1 heterocycles. The molecular weight excluding hydrogens is 258 g/mol. The van der Waals surface area contributed by atoms with Gasteiger partial charge in [0.05, 0.1) is 6.10 Å². The van der Waals surface area contributed by atoms with Crippen LogP contribution in [-0.4, -0.2) is 19.2 Å². The Labute approximate surface area is 120 Å². The molecule has 3 rings (SSSR count). The summed E-state index contributed by atoms with van der Waals surface area (Å²) in [6.07, 6.45) is 7.81. The lowest BCUT2D eigenvalue weighted by atomic mass is 9.91. The summed E-state index contributed by atoms with van der Waals surface area (Å²) in [7, 11) is 0. The molecule has 1 aromatic rings. The first-order valence-electron chi connectivity index (χ1n) is 7.47. The molecule has 1 aliphatic heterocycles. The van der Waals surface area contributed by atoms with Crippen molar-refractivity contribution in [1.82, 2.24) is 5.32 Å². The average molecular weight is 280 g/mol. The van der Waals surface area contributed by atoms with Gasteiger partial charge in [0, 0.05) is 5.02 Å². The minimum Gasteiger partial charge on any atom is -0.490 e. The Morgan fingerprint density at radius 2 is 2.11 bits per heavy atom. The molecule has 2 fully saturated rings. The number of nitrogens with one attached hydrogen (secondary N) is 1. The normalized spacial score (nSPS) is 23.9. The first-order chi connectivity index (χ1) is 9.31. The van der Waals surface area contributed by atoms with Gasteiger partial charge in [0.15, 0.2) is 0 Å². The van der Waals surface area contributed by atoms with E-state index in [2.05, 4.69) is 11.4 Å². The van der Waals surface area contributed by atoms with E-state index in [9.17, 15) is 0 Å². The fourth-order valence-corrected chi connectivity index (χ4v) is 3.09. The Morgan fingerprint density at radius 3 is 2.79 bits per heavy atom. The van der Waals surface area contributed by atoms with Crippen molar-refractivity contribution >= 4 is 11.6 Å². The highest BCUT2D eigenvalue weighted by Crippen LogP contribution is 2.31. The molecule has 0 spiro atoms. The van der Waals surface area contributed by atoms with Crippen LogP contribution in [0.2, 0.25) is 5.02 Å². The van der Waals surface area contributed by atoms with Crippen LogP contribution in [0.4, 0.5) is 0 Å². The molecule has 0 aromatic heterocycles. The monoisotopic (exact) mass is 279 g/mol. The van der Waals surface area contributed by atoms with Gasteiger partial charge in [-0.15, -0.1) is 0 Å². The van der Waals surface area contributed by atoms with Gasteiger partial charge in [0.25, 0.3) is 0 Å². The standard InChI is InChI=1S/C16H22ClNO/c17-14-6-7-16(19-15-4-1-5-15)13(10-14)9-12-3-2-8-18-11-12/h6-7,10,12,15,18H,1-5,8-9,11H2. The van der Waals surface area contributed by atoms with Gasteiger partial charge in [-0.2, -0.15) is 0 Å². The fraction of sp³-hybridized carbons (Fsp3) is 0.625. The number of hydrogen-bond acceptors (Lipinski definition) is 2. The summed E-state index contributed by atoms with van der Waals surface area (Å²) in [6.45, 7) is 2.28. The third-order valence-corrected chi connectivity index (χ3v) is 4.51. The molecule has 1 saturated carbocycles. The van der Waals surface area contributed by atoms with Gasteiger partial charge in [0.1, 0.15) is 5.75 Å². The molecule has 1 unspecified atom stereocenters. The minimum absolute atomic E-state index is 0.435. The van der Waals surface area contributed by atoms with Gasteiger partial charge in [-0.05, 0) is 81.3 Å². The quantitative estimate of drug-likeness (QED) is 0.905. The summed E-state index contributed by atoms with van der Waals surface area (Å²) >= 11 is 6.15. The van der Waals surface area contributed by atoms with Crippen LogP contribution in [0.15, 0.2) is 18.2 Å². The van der Waals surface area contributed by atoms with Gasteiger partial charge in [0.2, 0.25) is 0 Å². The number of halogens is 1. The number of piperidine rings is 1. The molecule has 1 N–H and O–H groups in total. The lowest BCUT2D eigenvalue weighted by Gasteiger charge is -2.29. The second-order valence-electron chi connectivity index (χ2n) is 5.84. The van der Waals surface area contributed by atoms with Crippen molar-refractivity contribution in [2.24, 2.45) is 5.92 Å². The molecule has 1 atom stereocenters. The molecule has 0 radical (unpaired) electrons. The summed E-state index contributed by atoms with van der Waals surface area (Å²) in [4.78, 5) is 0. The van der Waals surface area contributed by atoms with E-state index >= 15 is 0 Å². The first kappa shape index (κ1) is 13.3. The van der Waals surface area contributed by atoms with Gasteiger partial charge < -0.3 is 10.1 Å². The van der Waals surface area contributed by atoms with Crippen LogP contribution in [0.1, 0.15) is 37.7 Å². The van der Waals surface area contributed by atoms with Crippen LogP contribution in [0.25, 0.3) is 0 Å². The Bertz CT molecular complexity index is 425. The molecule has 2 aliphatic rings. The second-order valence-corrected chi connectivity index (χ2v) is 6.28. The van der Waals surface area contributed by atoms with Crippen LogP contribution in [0.5, 0.6) is 5.75 Å². The zero-order valence-corrected chi connectivity index (χ0v) is 12.1. The Balaban J connectivity index is 1.71. The highest BCUT2D eigenvalue weighted by Gasteiger charge is 2.22. The van der Waals surface area contributed by atoms with E-state index in [4.69, 9.17) is 16.3 Å². The zero-order chi connectivity index (χ0) is 13.1. The van der Waals surface area contributed by atoms with E-state index < -0.39 is 0 Å². The predicted molar refractivity (Wildman–Crippen MR) is 79.0 cm³/mol. The van der Waals surface area contributed by atoms with E-state index in [1.54, 1.807) is 0 Å². The molecule has 0 amide bonds. The SMILES string of the molecule is Clc1ccc(OC2CCC2)c(CC2CCCNC2)c1. The van der Waals surface area contributed by atoms with E-state index in [-0.39, 0.29) is 0 Å². The fourth-order valence-electron chi connectivity index (χ4n) is 2.90. The Morgan fingerprint density at radius 1 is 1.21 bits per heavy atom. The lowest BCUT2D eigenvalue weighted by molar-refractivity contribution is 0.118. The minimum atomic E-state index is 0.435. The van der Waals surface area contributed by atoms with Gasteiger partial charge in [-0.3, -0.25) is 0 Å². The van der Waals surface area contributed by atoms with E-state index in [0.717, 1.165) is 36.2 Å². The molecule has 1 saturated heterocycles. The molecule has 1 aromatic carbocycles. The maximum atomic E-state index is 6.15. The third kappa shape index (κ3) is 3.43. The maximum Gasteiger partial charge on any atom is 0.123 e. The van der Waals surface area contributed by atoms with E-state index in [1.807, 2.05) is 12.1 Å². The van der Waals surface area contributed by atoms with Gasteiger partial charge in [-0.25, -0.2) is 0 Å². The van der Waals surface area contributed by atoms with Crippen molar-refractivity contribution in [3.63, 3.8) is 0 Å². The van der Waals surface area contributed by atoms with Crippen molar-refractivity contribution in [1.29, 1.82) is 0 Å². The number of ether oxygens (including phenoxy) is 1. The Hall–Kier alpha value is -0.730. The summed E-state index contributed by atoms with van der Waals surface area (Å²) in [6, 6.07) is 6.08. The van der Waals surface area contributed by atoms with Crippen LogP contribution < -0.4 is 10.1 Å². The number of hydrogen-bond donors (Lipinski definition) is 1. The Kier molecular flexibility index (Phi) is 4.29. The molecule has 104 valence electrons. The number of benzene rings is 1. The van der Waals surface area contributed by atoms with E-state index in [1.165, 1.54) is 37.7 Å². The maximum absolute atomic E-state index is 6.15. The smallest absolute Gasteiger partial charge is 0.123 e. The van der Waals surface area contributed by atoms with Crippen molar-refractivity contribution in [2.75, 3.05) is 13.1 Å². The summed E-state index contributed by atoms with van der Waals surface area (Å²) in [5.41, 5.74) is 1.29. The molecule has 2 nitrogen and oxygen atoms in total. The van der Waals surface area contributed by atoms with Crippen LogP contribution in [-0.2, 0) is 6.42 Å². The van der Waals surface area contributed by atoms with Crippen molar-refractivity contribution in [2.45, 2.75) is 44.6 Å². The topological polar surface area (TPSA) is 21.3 Å². The molecule has 3 heteroatoms. The molecule has 1 aliphatic carbocycles. The summed E-state index contributed by atoms with van der Waals surface area (Å²) in [5, 5.41) is 4.30. The van der Waals surface area contributed by atoms with Gasteiger partial charge >= 0.3 is 0 Å². The molecular formula is C16H22ClNO. The van der Waals surface area contributed by atoms with Gasteiger partial charge in [-0.1, -0.05) is 11.6 Å². The van der Waals surface area contributed by atoms with Crippen LogP contribution >= 0.6 is 11.6 Å². The molecule has 19 heavy (non-hydrogen) atoms. The second kappa shape index (κ2) is 6.15. The highest BCUT2D eigenvalue weighted by atomic mass is 35.5. The zero-order valence-electron chi connectivity index (χ0n) is 11.3. The number of rotatable bonds is 4.